The summed E-state index contributed by atoms with van der Waals surface area (Å²) in [4.78, 5) is 52.1. The average molecular weight is 476 g/mol. The lowest BCUT2D eigenvalue weighted by atomic mass is 10.0. The summed E-state index contributed by atoms with van der Waals surface area (Å²) in [6, 6.07) is -2.77. The van der Waals surface area contributed by atoms with Crippen LogP contribution in [0.2, 0.25) is 0 Å². The van der Waals surface area contributed by atoms with Crippen LogP contribution in [0.15, 0.2) is 4.99 Å². The highest BCUT2D eigenvalue weighted by molar-refractivity contribution is 7.98. The lowest BCUT2D eigenvalue weighted by molar-refractivity contribution is -0.141. The van der Waals surface area contributed by atoms with Crippen LogP contribution in [0.3, 0.4) is 0 Å². The molecule has 12 nitrogen and oxygen atoms in total. The molecule has 0 fully saturated rings. The number of rotatable bonds is 16. The summed E-state index contributed by atoms with van der Waals surface area (Å²) < 4.78 is 0. The molecule has 0 radical (unpaired) electrons. The summed E-state index contributed by atoms with van der Waals surface area (Å²) in [6.07, 6.45) is 3.15. The number of nitrogens with zero attached hydrogens (tertiary/aromatic N) is 1. The van der Waals surface area contributed by atoms with Crippen LogP contribution in [-0.2, 0) is 19.2 Å². The zero-order valence-electron chi connectivity index (χ0n) is 18.9. The monoisotopic (exact) mass is 475 g/mol. The SMILES string of the molecule is CSCCC(NC(=O)CNC(=O)C(CCCN=C(N)N)NC(=O)C(N)CC(C)C)C(=O)O. The van der Waals surface area contributed by atoms with Crippen molar-refractivity contribution in [3.8, 4) is 0 Å². The summed E-state index contributed by atoms with van der Waals surface area (Å²) in [5.74, 6) is -2.19. The number of guanidine groups is 1. The molecule has 184 valence electrons. The minimum Gasteiger partial charge on any atom is -0.480 e. The number of carbonyl (C=O) groups excluding carboxylic acids is 3. The molecule has 0 rings (SSSR count). The van der Waals surface area contributed by atoms with Crippen molar-refractivity contribution in [3.05, 3.63) is 0 Å². The van der Waals surface area contributed by atoms with Crippen LogP contribution in [-0.4, -0.2) is 78.0 Å². The molecule has 0 aromatic rings. The number of carboxylic acid groups (broad SMARTS) is 1. The van der Waals surface area contributed by atoms with Gasteiger partial charge in [0, 0.05) is 6.54 Å². The number of aliphatic carboxylic acids is 1. The van der Waals surface area contributed by atoms with Gasteiger partial charge in [-0.3, -0.25) is 19.4 Å². The zero-order chi connectivity index (χ0) is 24.7. The van der Waals surface area contributed by atoms with Crippen LogP contribution in [0.4, 0.5) is 0 Å². The van der Waals surface area contributed by atoms with Crippen LogP contribution >= 0.6 is 11.8 Å². The predicted molar refractivity (Wildman–Crippen MR) is 125 cm³/mol. The molecule has 3 atom stereocenters. The molecule has 3 amide bonds. The van der Waals surface area contributed by atoms with E-state index in [4.69, 9.17) is 17.2 Å². The van der Waals surface area contributed by atoms with Crippen molar-refractivity contribution in [1.29, 1.82) is 0 Å². The first-order valence-corrected chi connectivity index (χ1v) is 11.8. The van der Waals surface area contributed by atoms with E-state index in [-0.39, 0.29) is 31.3 Å². The first-order chi connectivity index (χ1) is 15.0. The lowest BCUT2D eigenvalue weighted by Crippen LogP contribution is -2.53. The highest BCUT2D eigenvalue weighted by Gasteiger charge is 2.25. The van der Waals surface area contributed by atoms with E-state index in [1.807, 2.05) is 20.1 Å². The Hall–Kier alpha value is -2.54. The van der Waals surface area contributed by atoms with E-state index in [9.17, 15) is 24.3 Å². The molecule has 32 heavy (non-hydrogen) atoms. The van der Waals surface area contributed by atoms with E-state index in [0.717, 1.165) is 0 Å². The number of carbonyl (C=O) groups is 4. The molecule has 0 spiro atoms. The van der Waals surface area contributed by atoms with Crippen LogP contribution in [0.1, 0.15) is 39.5 Å². The van der Waals surface area contributed by atoms with Crippen LogP contribution in [0.5, 0.6) is 0 Å². The number of nitrogens with two attached hydrogens (primary N) is 3. The van der Waals surface area contributed by atoms with E-state index >= 15 is 0 Å². The maximum absolute atomic E-state index is 12.6. The molecule has 0 heterocycles. The van der Waals surface area contributed by atoms with Crippen molar-refractivity contribution in [2.45, 2.75) is 57.7 Å². The third kappa shape index (κ3) is 13.7. The summed E-state index contributed by atoms with van der Waals surface area (Å²) in [5.41, 5.74) is 16.5. The fourth-order valence-electron chi connectivity index (χ4n) is 2.70. The maximum Gasteiger partial charge on any atom is 0.326 e. The number of amides is 3. The Labute approximate surface area is 192 Å². The van der Waals surface area contributed by atoms with E-state index in [0.29, 0.717) is 18.6 Å². The molecule has 0 aliphatic rings. The van der Waals surface area contributed by atoms with Crippen molar-refractivity contribution >= 4 is 41.4 Å². The Morgan fingerprint density at radius 3 is 2.22 bits per heavy atom. The van der Waals surface area contributed by atoms with Gasteiger partial charge in [0.25, 0.3) is 0 Å². The Kier molecular flexibility index (Phi) is 14.9. The number of thioether (sulfide) groups is 1. The summed E-state index contributed by atoms with van der Waals surface area (Å²) >= 11 is 1.46. The second-order valence-corrected chi connectivity index (χ2v) is 8.69. The van der Waals surface area contributed by atoms with Gasteiger partial charge in [-0.1, -0.05) is 13.8 Å². The quantitative estimate of drug-likeness (QED) is 0.0771. The standard InChI is InChI=1S/C19H37N7O5S/c1-11(2)9-12(20)16(28)26-13(5-4-7-23-19(21)22)17(29)24-10-15(27)25-14(18(30)31)6-8-32-3/h11-14H,4-10,20H2,1-3H3,(H,24,29)(H,25,27)(H,26,28)(H,30,31)(H4,21,22,23). The fraction of sp³-hybridized carbons (Fsp3) is 0.737. The molecular weight excluding hydrogens is 438 g/mol. The second kappa shape index (κ2) is 16.1. The summed E-state index contributed by atoms with van der Waals surface area (Å²) in [5, 5.41) is 16.6. The van der Waals surface area contributed by atoms with Gasteiger partial charge in [0.2, 0.25) is 17.7 Å². The number of carboxylic acids is 1. The van der Waals surface area contributed by atoms with E-state index in [1.54, 1.807) is 0 Å². The zero-order valence-corrected chi connectivity index (χ0v) is 19.7. The molecule has 0 saturated heterocycles. The Bertz CT molecular complexity index is 656. The number of hydrogen-bond acceptors (Lipinski definition) is 7. The molecule has 0 aromatic carbocycles. The Morgan fingerprint density at radius 2 is 1.69 bits per heavy atom. The maximum atomic E-state index is 12.6. The number of aliphatic imine (C=N–C) groups is 1. The minimum atomic E-state index is -1.15. The van der Waals surface area contributed by atoms with Crippen molar-refractivity contribution in [3.63, 3.8) is 0 Å². The molecular formula is C19H37N7O5S. The van der Waals surface area contributed by atoms with Gasteiger partial charge in [-0.05, 0) is 43.6 Å². The average Bonchev–Trinajstić information content (AvgIpc) is 2.70. The van der Waals surface area contributed by atoms with Crippen molar-refractivity contribution in [2.24, 2.45) is 28.1 Å². The molecule has 13 heteroatoms. The van der Waals surface area contributed by atoms with Gasteiger partial charge >= 0.3 is 5.97 Å². The molecule has 0 aliphatic carbocycles. The van der Waals surface area contributed by atoms with Gasteiger partial charge in [0.1, 0.15) is 12.1 Å². The first kappa shape index (κ1) is 29.5. The van der Waals surface area contributed by atoms with Crippen molar-refractivity contribution < 1.29 is 24.3 Å². The third-order valence-corrected chi connectivity index (χ3v) is 4.95. The molecule has 0 saturated carbocycles. The lowest BCUT2D eigenvalue weighted by Gasteiger charge is -2.21. The highest BCUT2D eigenvalue weighted by Crippen LogP contribution is 2.05. The van der Waals surface area contributed by atoms with Crippen molar-refractivity contribution in [1.82, 2.24) is 16.0 Å². The normalized spacial score (nSPS) is 13.5. The summed E-state index contributed by atoms with van der Waals surface area (Å²) in [6.45, 7) is 3.68. The topological polar surface area (TPSA) is 215 Å². The number of nitrogens with one attached hydrogen (secondary N) is 3. The number of hydrogen-bond donors (Lipinski definition) is 7. The van der Waals surface area contributed by atoms with Gasteiger partial charge in [-0.15, -0.1) is 0 Å². The van der Waals surface area contributed by atoms with Gasteiger partial charge in [-0.25, -0.2) is 4.79 Å². The predicted octanol–water partition coefficient (Wildman–Crippen LogP) is -1.66. The molecule has 0 aromatic heterocycles. The molecule has 3 unspecified atom stereocenters. The van der Waals surface area contributed by atoms with Gasteiger partial charge < -0.3 is 38.3 Å². The largest absolute Gasteiger partial charge is 0.480 e. The minimum absolute atomic E-state index is 0.0832. The molecule has 0 aliphatic heterocycles. The molecule has 0 bridgehead atoms. The molecule has 10 N–H and O–H groups in total. The first-order valence-electron chi connectivity index (χ1n) is 10.4. The Balaban J connectivity index is 4.94. The van der Waals surface area contributed by atoms with Gasteiger partial charge in [-0.2, -0.15) is 11.8 Å². The highest BCUT2D eigenvalue weighted by atomic mass is 32.2. The smallest absolute Gasteiger partial charge is 0.326 e. The van der Waals surface area contributed by atoms with Crippen LogP contribution in [0, 0.1) is 5.92 Å². The van der Waals surface area contributed by atoms with Crippen LogP contribution < -0.4 is 33.2 Å². The second-order valence-electron chi connectivity index (χ2n) is 7.70. The van der Waals surface area contributed by atoms with E-state index in [1.165, 1.54) is 11.8 Å². The van der Waals surface area contributed by atoms with Crippen molar-refractivity contribution in [2.75, 3.05) is 25.1 Å². The Morgan fingerprint density at radius 1 is 1.03 bits per heavy atom. The summed E-state index contributed by atoms with van der Waals surface area (Å²) in [7, 11) is 0. The van der Waals surface area contributed by atoms with E-state index in [2.05, 4.69) is 20.9 Å². The van der Waals surface area contributed by atoms with Crippen LogP contribution in [0.25, 0.3) is 0 Å². The van der Waals surface area contributed by atoms with Gasteiger partial charge in [0.15, 0.2) is 5.96 Å². The fourth-order valence-corrected chi connectivity index (χ4v) is 3.17. The van der Waals surface area contributed by atoms with Gasteiger partial charge in [0.05, 0.1) is 12.6 Å². The third-order valence-electron chi connectivity index (χ3n) is 4.31. The van der Waals surface area contributed by atoms with E-state index < -0.39 is 48.4 Å².